The molecule has 0 spiro atoms. The smallest absolute Gasteiger partial charge is 0.251 e. The highest BCUT2D eigenvalue weighted by Gasteiger charge is 2.21. The third-order valence-corrected chi connectivity index (χ3v) is 6.26. The molecule has 0 saturated carbocycles. The lowest BCUT2D eigenvalue weighted by Crippen LogP contribution is -2.47. The van der Waals surface area contributed by atoms with Crippen molar-refractivity contribution in [2.45, 2.75) is 58.9 Å². The molecule has 7 nitrogen and oxygen atoms in total. The summed E-state index contributed by atoms with van der Waals surface area (Å²) in [5.41, 5.74) is 4.44. The van der Waals surface area contributed by atoms with Crippen molar-refractivity contribution in [2.75, 3.05) is 29.9 Å². The average Bonchev–Trinajstić information content (AvgIpc) is 3.37. The number of nitrogens with one attached hydrogen (secondary N) is 3. The fraction of sp³-hybridized carbons (Fsp3) is 0.444. The standard InChI is InChI=1S/C27H36N4O3/c1-4-5-11-24(27(34)29-22-9-8-10-23(17-22)31-14-6-7-15-31)30-25(32)18-28-26(33)21-13-12-19(2)20(3)16-21/h8-10,12-13,16-17,24H,4-7,11,14-15,18H2,1-3H3,(H,28,33)(H,29,34)(H,30,32). The lowest BCUT2D eigenvalue weighted by atomic mass is 10.1. The number of hydrogen-bond acceptors (Lipinski definition) is 4. The number of hydrogen-bond donors (Lipinski definition) is 3. The molecular weight excluding hydrogens is 428 g/mol. The molecule has 2 aromatic rings. The van der Waals surface area contributed by atoms with Crippen LogP contribution in [0.2, 0.25) is 0 Å². The molecule has 0 aliphatic carbocycles. The maximum absolute atomic E-state index is 13.0. The summed E-state index contributed by atoms with van der Waals surface area (Å²) >= 11 is 0. The predicted molar refractivity (Wildman–Crippen MR) is 136 cm³/mol. The second-order valence-corrected chi connectivity index (χ2v) is 8.98. The summed E-state index contributed by atoms with van der Waals surface area (Å²) in [6.07, 6.45) is 4.61. The molecule has 3 rings (SSSR count). The van der Waals surface area contributed by atoms with Gasteiger partial charge in [-0.2, -0.15) is 0 Å². The first-order valence-corrected chi connectivity index (χ1v) is 12.2. The summed E-state index contributed by atoms with van der Waals surface area (Å²) in [5, 5.41) is 8.39. The number of unbranched alkanes of at least 4 members (excludes halogenated alkanes) is 1. The first-order valence-electron chi connectivity index (χ1n) is 12.2. The van der Waals surface area contributed by atoms with Crippen LogP contribution in [0.15, 0.2) is 42.5 Å². The minimum atomic E-state index is -0.665. The van der Waals surface area contributed by atoms with Crippen LogP contribution in [0.4, 0.5) is 11.4 Å². The Morgan fingerprint density at radius 3 is 2.47 bits per heavy atom. The van der Waals surface area contributed by atoms with Gasteiger partial charge in [-0.15, -0.1) is 0 Å². The van der Waals surface area contributed by atoms with Crippen molar-refractivity contribution in [3.63, 3.8) is 0 Å². The monoisotopic (exact) mass is 464 g/mol. The van der Waals surface area contributed by atoms with Crippen LogP contribution >= 0.6 is 0 Å². The first-order chi connectivity index (χ1) is 16.4. The highest BCUT2D eigenvalue weighted by Crippen LogP contribution is 2.23. The summed E-state index contributed by atoms with van der Waals surface area (Å²) in [6.45, 7) is 7.83. The third kappa shape index (κ3) is 7.07. The van der Waals surface area contributed by atoms with Gasteiger partial charge < -0.3 is 20.9 Å². The summed E-state index contributed by atoms with van der Waals surface area (Å²) in [5.74, 6) is -0.952. The van der Waals surface area contributed by atoms with Crippen LogP contribution in [0.3, 0.4) is 0 Å². The number of amides is 3. The Balaban J connectivity index is 1.57. The lowest BCUT2D eigenvalue weighted by Gasteiger charge is -2.21. The van der Waals surface area contributed by atoms with Gasteiger partial charge in [-0.05, 0) is 74.6 Å². The number of benzene rings is 2. The number of nitrogens with zero attached hydrogens (tertiary/aromatic N) is 1. The van der Waals surface area contributed by atoms with Gasteiger partial charge in [-0.3, -0.25) is 14.4 Å². The van der Waals surface area contributed by atoms with Crippen LogP contribution in [-0.4, -0.2) is 43.4 Å². The van der Waals surface area contributed by atoms with Crippen molar-refractivity contribution in [1.29, 1.82) is 0 Å². The van der Waals surface area contributed by atoms with Crippen LogP contribution in [0.25, 0.3) is 0 Å². The highest BCUT2D eigenvalue weighted by molar-refractivity contribution is 5.99. The second-order valence-electron chi connectivity index (χ2n) is 8.98. The van der Waals surface area contributed by atoms with Crippen molar-refractivity contribution in [1.82, 2.24) is 10.6 Å². The molecule has 1 aliphatic heterocycles. The second kappa shape index (κ2) is 12.2. The van der Waals surface area contributed by atoms with E-state index in [1.54, 1.807) is 12.1 Å². The highest BCUT2D eigenvalue weighted by atomic mass is 16.2. The van der Waals surface area contributed by atoms with Crippen LogP contribution < -0.4 is 20.9 Å². The Kier molecular flexibility index (Phi) is 9.08. The zero-order chi connectivity index (χ0) is 24.5. The van der Waals surface area contributed by atoms with Gasteiger partial charge in [0.2, 0.25) is 11.8 Å². The van der Waals surface area contributed by atoms with Crippen LogP contribution in [-0.2, 0) is 9.59 Å². The fourth-order valence-electron chi connectivity index (χ4n) is 4.05. The van der Waals surface area contributed by atoms with Crippen molar-refractivity contribution in [2.24, 2.45) is 0 Å². The molecule has 3 amide bonds. The number of carbonyl (C=O) groups is 3. The van der Waals surface area contributed by atoms with E-state index in [-0.39, 0.29) is 24.3 Å². The molecule has 34 heavy (non-hydrogen) atoms. The van der Waals surface area contributed by atoms with E-state index in [9.17, 15) is 14.4 Å². The number of anilines is 2. The normalized spacial score (nSPS) is 13.9. The SMILES string of the molecule is CCCCC(NC(=O)CNC(=O)c1ccc(C)c(C)c1)C(=O)Nc1cccc(N2CCCC2)c1. The molecule has 3 N–H and O–H groups in total. The van der Waals surface area contributed by atoms with Crippen LogP contribution in [0.1, 0.15) is 60.5 Å². The summed E-state index contributed by atoms with van der Waals surface area (Å²) < 4.78 is 0. The molecule has 0 aromatic heterocycles. The van der Waals surface area contributed by atoms with E-state index < -0.39 is 6.04 Å². The first kappa shape index (κ1) is 25.3. The van der Waals surface area contributed by atoms with Crippen molar-refractivity contribution in [3.8, 4) is 0 Å². The van der Waals surface area contributed by atoms with E-state index in [0.29, 0.717) is 17.7 Å². The zero-order valence-electron chi connectivity index (χ0n) is 20.4. The molecule has 1 unspecified atom stereocenters. The predicted octanol–water partition coefficient (Wildman–Crippen LogP) is 3.95. The van der Waals surface area contributed by atoms with E-state index in [0.717, 1.165) is 42.7 Å². The molecule has 182 valence electrons. The molecule has 1 aliphatic rings. The summed E-state index contributed by atoms with van der Waals surface area (Å²) in [4.78, 5) is 40.3. The molecule has 1 fully saturated rings. The van der Waals surface area contributed by atoms with Gasteiger partial charge in [-0.1, -0.05) is 31.9 Å². The van der Waals surface area contributed by atoms with Crippen molar-refractivity contribution < 1.29 is 14.4 Å². The van der Waals surface area contributed by atoms with Crippen molar-refractivity contribution in [3.05, 3.63) is 59.2 Å². The van der Waals surface area contributed by atoms with Gasteiger partial charge in [0.15, 0.2) is 0 Å². The summed E-state index contributed by atoms with van der Waals surface area (Å²) in [6, 6.07) is 12.6. The summed E-state index contributed by atoms with van der Waals surface area (Å²) in [7, 11) is 0. The minimum absolute atomic E-state index is 0.188. The Hall–Kier alpha value is -3.35. The van der Waals surface area contributed by atoms with Crippen molar-refractivity contribution >= 4 is 29.1 Å². The Morgan fingerprint density at radius 2 is 1.76 bits per heavy atom. The zero-order valence-corrected chi connectivity index (χ0v) is 20.4. The minimum Gasteiger partial charge on any atom is -0.371 e. The van der Waals surface area contributed by atoms with Gasteiger partial charge in [0.25, 0.3) is 5.91 Å². The average molecular weight is 465 g/mol. The number of carbonyl (C=O) groups excluding carboxylic acids is 3. The molecule has 1 saturated heterocycles. The quantitative estimate of drug-likeness (QED) is 0.497. The Labute approximate surface area is 202 Å². The van der Waals surface area contributed by atoms with Crippen LogP contribution in [0, 0.1) is 13.8 Å². The molecule has 0 radical (unpaired) electrons. The van der Waals surface area contributed by atoms with Gasteiger partial charge in [0.05, 0.1) is 6.54 Å². The van der Waals surface area contributed by atoms with E-state index in [4.69, 9.17) is 0 Å². The Morgan fingerprint density at radius 1 is 1.00 bits per heavy atom. The molecule has 2 aromatic carbocycles. The van der Waals surface area contributed by atoms with Gasteiger partial charge >= 0.3 is 0 Å². The van der Waals surface area contributed by atoms with Crippen LogP contribution in [0.5, 0.6) is 0 Å². The number of aryl methyl sites for hydroxylation is 2. The third-order valence-electron chi connectivity index (χ3n) is 6.26. The van der Waals surface area contributed by atoms with E-state index in [1.165, 1.54) is 12.8 Å². The largest absolute Gasteiger partial charge is 0.371 e. The maximum atomic E-state index is 13.0. The molecule has 1 heterocycles. The molecular formula is C27H36N4O3. The molecule has 1 atom stereocenters. The lowest BCUT2D eigenvalue weighted by molar-refractivity contribution is -0.126. The maximum Gasteiger partial charge on any atom is 0.251 e. The molecule has 0 bridgehead atoms. The van der Waals surface area contributed by atoms with Gasteiger partial charge in [0, 0.05) is 30.0 Å². The fourth-order valence-corrected chi connectivity index (χ4v) is 4.05. The topological polar surface area (TPSA) is 90.5 Å². The molecule has 7 heteroatoms. The Bertz CT molecular complexity index is 1010. The van der Waals surface area contributed by atoms with E-state index in [1.807, 2.05) is 45.0 Å². The number of rotatable bonds is 10. The van der Waals surface area contributed by atoms with Gasteiger partial charge in [0.1, 0.15) is 6.04 Å². The van der Waals surface area contributed by atoms with E-state index >= 15 is 0 Å². The van der Waals surface area contributed by atoms with E-state index in [2.05, 4.69) is 26.9 Å². The van der Waals surface area contributed by atoms with Gasteiger partial charge in [-0.25, -0.2) is 0 Å².